The lowest BCUT2D eigenvalue weighted by Crippen LogP contribution is -2.38. The molecule has 1 aliphatic rings. The van der Waals surface area contributed by atoms with Crippen molar-refractivity contribution < 1.29 is 15.0 Å². The molecule has 5 nitrogen and oxygen atoms in total. The number of amides is 1. The van der Waals surface area contributed by atoms with Crippen LogP contribution in [0.2, 0.25) is 0 Å². The van der Waals surface area contributed by atoms with E-state index >= 15 is 0 Å². The number of nitriles is 1. The molecule has 0 aromatic heterocycles. The van der Waals surface area contributed by atoms with E-state index in [0.717, 1.165) is 0 Å². The number of nitrogens with zero attached hydrogens (tertiary/aromatic N) is 2. The van der Waals surface area contributed by atoms with Crippen molar-refractivity contribution in [1.29, 1.82) is 5.26 Å². The summed E-state index contributed by atoms with van der Waals surface area (Å²) in [5.74, 6) is -0.688. The molecular weight excluding hydrogens is 232 g/mol. The fraction of sp³-hybridized carbons (Fsp3) is 0.385. The van der Waals surface area contributed by atoms with E-state index in [4.69, 9.17) is 5.26 Å². The van der Waals surface area contributed by atoms with Gasteiger partial charge in [0.05, 0.1) is 6.07 Å². The second-order valence-corrected chi connectivity index (χ2v) is 4.40. The second-order valence-electron chi connectivity index (χ2n) is 4.40. The van der Waals surface area contributed by atoms with Crippen LogP contribution in [0.1, 0.15) is 23.2 Å². The minimum absolute atomic E-state index is 0.0299. The zero-order valence-electron chi connectivity index (χ0n) is 9.83. The number of phenolic OH excluding ortho intramolecular Hbond substituents is 2. The summed E-state index contributed by atoms with van der Waals surface area (Å²) < 4.78 is 0. The number of hydrogen-bond donors (Lipinski definition) is 2. The molecule has 1 amide bonds. The summed E-state index contributed by atoms with van der Waals surface area (Å²) in [6.07, 6.45) is 1.37. The lowest BCUT2D eigenvalue weighted by atomic mass is 9.98. The number of carbonyl (C=O) groups is 1. The Morgan fingerprint density at radius 1 is 1.28 bits per heavy atom. The van der Waals surface area contributed by atoms with Gasteiger partial charge in [0.1, 0.15) is 0 Å². The Balaban J connectivity index is 2.08. The van der Waals surface area contributed by atoms with Gasteiger partial charge < -0.3 is 15.1 Å². The normalized spacial score (nSPS) is 16.3. The smallest absolute Gasteiger partial charge is 0.253 e. The minimum atomic E-state index is -0.298. The van der Waals surface area contributed by atoms with Crippen molar-refractivity contribution in [3.8, 4) is 17.6 Å². The Hall–Kier alpha value is -2.22. The molecule has 0 atom stereocenters. The molecule has 1 aromatic carbocycles. The predicted molar refractivity (Wildman–Crippen MR) is 64.0 cm³/mol. The highest BCUT2D eigenvalue weighted by Crippen LogP contribution is 2.26. The van der Waals surface area contributed by atoms with E-state index in [0.29, 0.717) is 31.5 Å². The number of aromatic hydroxyl groups is 2. The van der Waals surface area contributed by atoms with E-state index in [9.17, 15) is 15.0 Å². The number of phenols is 2. The molecule has 0 aliphatic carbocycles. The average Bonchev–Trinajstić information content (AvgIpc) is 2.41. The van der Waals surface area contributed by atoms with Crippen LogP contribution < -0.4 is 0 Å². The van der Waals surface area contributed by atoms with Crippen molar-refractivity contribution in [2.45, 2.75) is 12.8 Å². The molecular formula is C13H14N2O3. The molecule has 1 aromatic rings. The van der Waals surface area contributed by atoms with Crippen LogP contribution in [0.15, 0.2) is 18.2 Å². The highest BCUT2D eigenvalue weighted by Gasteiger charge is 2.23. The summed E-state index contributed by atoms with van der Waals surface area (Å²) in [5, 5.41) is 27.3. The maximum Gasteiger partial charge on any atom is 0.253 e. The lowest BCUT2D eigenvalue weighted by Gasteiger charge is -2.29. The summed E-state index contributed by atoms with van der Waals surface area (Å²) in [6, 6.07) is 6.24. The van der Waals surface area contributed by atoms with Crippen LogP contribution in [-0.2, 0) is 0 Å². The van der Waals surface area contributed by atoms with Gasteiger partial charge in [-0.1, -0.05) is 0 Å². The topological polar surface area (TPSA) is 84.6 Å². The number of likely N-dealkylation sites (tertiary alicyclic amines) is 1. The van der Waals surface area contributed by atoms with E-state index in [1.165, 1.54) is 18.2 Å². The first kappa shape index (κ1) is 12.2. The first-order valence-corrected chi connectivity index (χ1v) is 5.82. The third-order valence-electron chi connectivity index (χ3n) is 3.19. The zero-order chi connectivity index (χ0) is 13.1. The fourth-order valence-electron chi connectivity index (χ4n) is 2.05. The monoisotopic (exact) mass is 246 g/mol. The summed E-state index contributed by atoms with van der Waals surface area (Å²) in [5.41, 5.74) is 0.348. The molecule has 0 bridgehead atoms. The summed E-state index contributed by atoms with van der Waals surface area (Å²) in [4.78, 5) is 13.8. The molecule has 94 valence electrons. The van der Waals surface area contributed by atoms with E-state index in [1.54, 1.807) is 4.90 Å². The average molecular weight is 246 g/mol. The van der Waals surface area contributed by atoms with Crippen molar-refractivity contribution in [2.75, 3.05) is 13.1 Å². The van der Waals surface area contributed by atoms with Crippen LogP contribution in [0.3, 0.4) is 0 Å². The van der Waals surface area contributed by atoms with E-state index < -0.39 is 0 Å². The van der Waals surface area contributed by atoms with Gasteiger partial charge in [-0.2, -0.15) is 5.26 Å². The third kappa shape index (κ3) is 2.38. The van der Waals surface area contributed by atoms with Gasteiger partial charge in [-0.3, -0.25) is 4.79 Å². The molecule has 2 N–H and O–H groups in total. The van der Waals surface area contributed by atoms with Gasteiger partial charge in [-0.25, -0.2) is 0 Å². The number of piperidine rings is 1. The minimum Gasteiger partial charge on any atom is -0.504 e. The molecule has 1 heterocycles. The Bertz CT molecular complexity index is 499. The van der Waals surface area contributed by atoms with Gasteiger partial charge >= 0.3 is 0 Å². The quantitative estimate of drug-likeness (QED) is 0.735. The van der Waals surface area contributed by atoms with Crippen LogP contribution in [0.4, 0.5) is 0 Å². The highest BCUT2D eigenvalue weighted by atomic mass is 16.3. The Kier molecular flexibility index (Phi) is 3.38. The number of hydrogen-bond acceptors (Lipinski definition) is 4. The van der Waals surface area contributed by atoms with Crippen molar-refractivity contribution in [3.63, 3.8) is 0 Å². The predicted octanol–water partition coefficient (Wildman–Crippen LogP) is 1.47. The van der Waals surface area contributed by atoms with Crippen molar-refractivity contribution >= 4 is 5.91 Å². The van der Waals surface area contributed by atoms with Gasteiger partial charge in [0, 0.05) is 24.6 Å². The standard InChI is InChI=1S/C13H14N2O3/c14-8-9-3-5-15(6-4-9)13(18)10-1-2-11(16)12(17)7-10/h1-2,7,9,16-17H,3-6H2. The second kappa shape index (κ2) is 4.96. The van der Waals surface area contributed by atoms with Crippen LogP contribution in [-0.4, -0.2) is 34.1 Å². The van der Waals surface area contributed by atoms with Gasteiger partial charge in [0.2, 0.25) is 0 Å². The largest absolute Gasteiger partial charge is 0.504 e. The van der Waals surface area contributed by atoms with Gasteiger partial charge in [-0.05, 0) is 31.0 Å². The Morgan fingerprint density at radius 3 is 2.50 bits per heavy atom. The van der Waals surface area contributed by atoms with Gasteiger partial charge in [0.25, 0.3) is 5.91 Å². The molecule has 18 heavy (non-hydrogen) atoms. The number of benzene rings is 1. The van der Waals surface area contributed by atoms with Crippen LogP contribution >= 0.6 is 0 Å². The fourth-order valence-corrected chi connectivity index (χ4v) is 2.05. The summed E-state index contributed by atoms with van der Waals surface area (Å²) >= 11 is 0. The number of rotatable bonds is 1. The molecule has 0 unspecified atom stereocenters. The molecule has 1 aliphatic heterocycles. The zero-order valence-corrected chi connectivity index (χ0v) is 9.83. The lowest BCUT2D eigenvalue weighted by molar-refractivity contribution is 0.0707. The first-order valence-electron chi connectivity index (χ1n) is 5.82. The van der Waals surface area contributed by atoms with Crippen molar-refractivity contribution in [2.24, 2.45) is 5.92 Å². The van der Waals surface area contributed by atoms with E-state index in [-0.39, 0.29) is 23.3 Å². The van der Waals surface area contributed by atoms with Crippen LogP contribution in [0, 0.1) is 17.2 Å². The van der Waals surface area contributed by atoms with Crippen LogP contribution in [0.25, 0.3) is 0 Å². The summed E-state index contributed by atoms with van der Waals surface area (Å²) in [6.45, 7) is 1.11. The maximum absolute atomic E-state index is 12.1. The van der Waals surface area contributed by atoms with E-state index in [2.05, 4.69) is 6.07 Å². The first-order chi connectivity index (χ1) is 8.61. The molecule has 5 heteroatoms. The highest BCUT2D eigenvalue weighted by molar-refractivity contribution is 5.95. The molecule has 2 rings (SSSR count). The third-order valence-corrected chi connectivity index (χ3v) is 3.19. The molecule has 0 spiro atoms. The molecule has 0 saturated carbocycles. The van der Waals surface area contributed by atoms with Gasteiger partial charge in [-0.15, -0.1) is 0 Å². The molecule has 1 saturated heterocycles. The maximum atomic E-state index is 12.1. The van der Waals surface area contributed by atoms with E-state index in [1.807, 2.05) is 0 Å². The summed E-state index contributed by atoms with van der Waals surface area (Å²) in [7, 11) is 0. The molecule has 1 fully saturated rings. The van der Waals surface area contributed by atoms with Crippen molar-refractivity contribution in [3.05, 3.63) is 23.8 Å². The Labute approximate surface area is 105 Å². The van der Waals surface area contributed by atoms with Crippen molar-refractivity contribution in [1.82, 2.24) is 4.90 Å². The van der Waals surface area contributed by atoms with Gasteiger partial charge in [0.15, 0.2) is 11.5 Å². The SMILES string of the molecule is N#CC1CCN(C(=O)c2ccc(O)c(O)c2)CC1. The molecule has 0 radical (unpaired) electrons. The number of carbonyl (C=O) groups excluding carboxylic acids is 1. The van der Waals surface area contributed by atoms with Crippen LogP contribution in [0.5, 0.6) is 11.5 Å². The Morgan fingerprint density at radius 2 is 1.94 bits per heavy atom.